The molecule has 30 heavy (non-hydrogen) atoms. The van der Waals surface area contributed by atoms with Gasteiger partial charge >= 0.3 is 17.9 Å². The highest BCUT2D eigenvalue weighted by atomic mass is 35.5. The van der Waals surface area contributed by atoms with Crippen LogP contribution in [0.15, 0.2) is 48.5 Å². The van der Waals surface area contributed by atoms with Crippen molar-refractivity contribution in [1.29, 1.82) is 0 Å². The Morgan fingerprint density at radius 2 is 1.50 bits per heavy atom. The maximum Gasteiger partial charge on any atom is 0.357 e. The molecule has 1 heterocycles. The van der Waals surface area contributed by atoms with Crippen molar-refractivity contribution in [3.05, 3.63) is 70.4 Å². The van der Waals surface area contributed by atoms with Crippen molar-refractivity contribution in [1.82, 2.24) is 9.78 Å². The zero-order valence-electron chi connectivity index (χ0n) is 16.3. The molecule has 0 unspecified atom stereocenters. The summed E-state index contributed by atoms with van der Waals surface area (Å²) in [6.45, 7) is 0. The van der Waals surface area contributed by atoms with Crippen LogP contribution >= 0.6 is 11.6 Å². The minimum absolute atomic E-state index is 0.0879. The fraction of sp³-hybridized carbons (Fsp3) is 0.143. The first-order chi connectivity index (χ1) is 14.4. The van der Waals surface area contributed by atoms with Crippen molar-refractivity contribution in [2.24, 2.45) is 0 Å². The van der Waals surface area contributed by atoms with E-state index >= 15 is 0 Å². The Balaban J connectivity index is 2.30. The van der Waals surface area contributed by atoms with Crippen molar-refractivity contribution in [3.63, 3.8) is 0 Å². The quantitative estimate of drug-likeness (QED) is 0.452. The second-order valence-corrected chi connectivity index (χ2v) is 6.40. The zero-order valence-corrected chi connectivity index (χ0v) is 17.1. The molecule has 0 saturated heterocycles. The smallest absolute Gasteiger partial charge is 0.357 e. The van der Waals surface area contributed by atoms with Crippen molar-refractivity contribution < 1.29 is 28.6 Å². The Labute approximate surface area is 176 Å². The standard InChI is InChI=1S/C21H17ClN2O6/c1-28-19(25)14-10-9-12(11-15(14)22)17-16(20(26)29-2)18(21(27)30-3)24(23-17)13-7-5-4-6-8-13/h4-11H,1-3H3. The number of hydrogen-bond donors (Lipinski definition) is 0. The highest BCUT2D eigenvalue weighted by Crippen LogP contribution is 2.32. The van der Waals surface area contributed by atoms with Crippen LogP contribution in [0.2, 0.25) is 5.02 Å². The van der Waals surface area contributed by atoms with E-state index in [0.29, 0.717) is 11.3 Å². The van der Waals surface area contributed by atoms with Crippen molar-refractivity contribution in [3.8, 4) is 16.9 Å². The predicted octanol–water partition coefficient (Wildman–Crippen LogP) is 3.55. The molecular formula is C21H17ClN2O6. The van der Waals surface area contributed by atoms with Gasteiger partial charge in [0.1, 0.15) is 11.3 Å². The summed E-state index contributed by atoms with van der Waals surface area (Å²) < 4.78 is 15.8. The molecular weight excluding hydrogens is 412 g/mol. The van der Waals surface area contributed by atoms with Gasteiger partial charge in [0.25, 0.3) is 0 Å². The molecule has 154 valence electrons. The van der Waals surface area contributed by atoms with Gasteiger partial charge in [-0.05, 0) is 24.3 Å². The molecule has 0 saturated carbocycles. The van der Waals surface area contributed by atoms with E-state index in [2.05, 4.69) is 5.10 Å². The number of rotatable bonds is 5. The molecule has 8 nitrogen and oxygen atoms in total. The number of hydrogen-bond acceptors (Lipinski definition) is 7. The van der Waals surface area contributed by atoms with Crippen LogP contribution in [0.4, 0.5) is 0 Å². The molecule has 0 N–H and O–H groups in total. The number of para-hydroxylation sites is 1. The summed E-state index contributed by atoms with van der Waals surface area (Å²) in [6.07, 6.45) is 0. The van der Waals surface area contributed by atoms with Gasteiger partial charge in [-0.15, -0.1) is 0 Å². The minimum Gasteiger partial charge on any atom is -0.465 e. The molecule has 0 radical (unpaired) electrons. The van der Waals surface area contributed by atoms with Gasteiger partial charge in [-0.1, -0.05) is 35.9 Å². The molecule has 0 amide bonds. The molecule has 0 spiro atoms. The summed E-state index contributed by atoms with van der Waals surface area (Å²) in [7, 11) is 3.64. The fourth-order valence-electron chi connectivity index (χ4n) is 2.89. The Morgan fingerprint density at radius 3 is 2.07 bits per heavy atom. The summed E-state index contributed by atoms with van der Waals surface area (Å²) in [5, 5.41) is 4.57. The van der Waals surface area contributed by atoms with Crippen LogP contribution in [0.25, 0.3) is 16.9 Å². The number of methoxy groups -OCH3 is 3. The van der Waals surface area contributed by atoms with Gasteiger partial charge in [-0.2, -0.15) is 5.10 Å². The molecule has 0 fully saturated rings. The number of halogens is 1. The molecule has 0 atom stereocenters. The zero-order chi connectivity index (χ0) is 21.8. The van der Waals surface area contributed by atoms with E-state index in [1.165, 1.54) is 38.1 Å². The average molecular weight is 429 g/mol. The molecule has 3 aromatic rings. The van der Waals surface area contributed by atoms with Crippen LogP contribution in [0.3, 0.4) is 0 Å². The number of nitrogens with zero attached hydrogens (tertiary/aromatic N) is 2. The predicted molar refractivity (Wildman–Crippen MR) is 108 cm³/mol. The lowest BCUT2D eigenvalue weighted by Gasteiger charge is -2.07. The fourth-order valence-corrected chi connectivity index (χ4v) is 3.15. The van der Waals surface area contributed by atoms with Gasteiger partial charge < -0.3 is 14.2 Å². The number of carbonyl (C=O) groups excluding carboxylic acids is 3. The summed E-state index contributed by atoms with van der Waals surface area (Å²) >= 11 is 6.23. The summed E-state index contributed by atoms with van der Waals surface area (Å²) in [6, 6.07) is 13.2. The second-order valence-electron chi connectivity index (χ2n) is 5.99. The third-order valence-corrected chi connectivity index (χ3v) is 4.61. The number of carbonyl (C=O) groups is 3. The summed E-state index contributed by atoms with van der Waals surface area (Å²) in [4.78, 5) is 37.0. The SMILES string of the molecule is COC(=O)c1ccc(-c2nn(-c3ccccc3)c(C(=O)OC)c2C(=O)OC)cc1Cl. The van der Waals surface area contributed by atoms with Crippen molar-refractivity contribution >= 4 is 29.5 Å². The third kappa shape index (κ3) is 3.77. The van der Waals surface area contributed by atoms with E-state index in [0.717, 1.165) is 0 Å². The van der Waals surface area contributed by atoms with Gasteiger partial charge in [-0.3, -0.25) is 0 Å². The maximum atomic E-state index is 12.6. The Bertz CT molecular complexity index is 1120. The van der Waals surface area contributed by atoms with Crippen LogP contribution in [0, 0.1) is 0 Å². The molecule has 2 aromatic carbocycles. The lowest BCUT2D eigenvalue weighted by molar-refractivity contribution is 0.0549. The van der Waals surface area contributed by atoms with E-state index in [-0.39, 0.29) is 27.5 Å². The van der Waals surface area contributed by atoms with Crippen molar-refractivity contribution in [2.75, 3.05) is 21.3 Å². The second kappa shape index (κ2) is 8.79. The first-order valence-electron chi connectivity index (χ1n) is 8.66. The molecule has 3 rings (SSSR count). The number of aromatic nitrogens is 2. The van der Waals surface area contributed by atoms with Crippen LogP contribution < -0.4 is 0 Å². The van der Waals surface area contributed by atoms with E-state index in [9.17, 15) is 14.4 Å². The topological polar surface area (TPSA) is 96.7 Å². The van der Waals surface area contributed by atoms with E-state index in [4.69, 9.17) is 25.8 Å². The molecule has 0 bridgehead atoms. The van der Waals surface area contributed by atoms with Gasteiger partial charge in [0, 0.05) is 5.56 Å². The van der Waals surface area contributed by atoms with Crippen LogP contribution in [-0.4, -0.2) is 49.0 Å². The highest BCUT2D eigenvalue weighted by Gasteiger charge is 2.31. The van der Waals surface area contributed by atoms with Gasteiger partial charge in [0.05, 0.1) is 37.6 Å². The summed E-state index contributed by atoms with van der Waals surface area (Å²) in [5.41, 5.74) is 1.04. The van der Waals surface area contributed by atoms with E-state index < -0.39 is 17.9 Å². The van der Waals surface area contributed by atoms with Crippen molar-refractivity contribution in [2.45, 2.75) is 0 Å². The average Bonchev–Trinajstić information content (AvgIpc) is 3.18. The van der Waals surface area contributed by atoms with Gasteiger partial charge in [0.15, 0.2) is 5.69 Å². The number of ether oxygens (including phenoxy) is 3. The molecule has 0 aliphatic carbocycles. The molecule has 0 aliphatic rings. The first-order valence-corrected chi connectivity index (χ1v) is 9.04. The van der Waals surface area contributed by atoms with E-state index in [1.54, 1.807) is 36.4 Å². The minimum atomic E-state index is -0.777. The van der Waals surface area contributed by atoms with E-state index in [1.807, 2.05) is 0 Å². The molecule has 9 heteroatoms. The Hall–Kier alpha value is -3.65. The summed E-state index contributed by atoms with van der Waals surface area (Å²) in [5.74, 6) is -2.15. The Kier molecular flexibility index (Phi) is 6.17. The number of esters is 3. The normalized spacial score (nSPS) is 10.4. The van der Waals surface area contributed by atoms with Crippen LogP contribution in [0.1, 0.15) is 31.2 Å². The lowest BCUT2D eigenvalue weighted by Crippen LogP contribution is -2.15. The lowest BCUT2D eigenvalue weighted by atomic mass is 10.0. The number of benzene rings is 2. The van der Waals surface area contributed by atoms with Gasteiger partial charge in [0.2, 0.25) is 0 Å². The largest absolute Gasteiger partial charge is 0.465 e. The van der Waals surface area contributed by atoms with Crippen LogP contribution in [-0.2, 0) is 14.2 Å². The van der Waals surface area contributed by atoms with Gasteiger partial charge in [-0.25, -0.2) is 19.1 Å². The maximum absolute atomic E-state index is 12.6. The van der Waals surface area contributed by atoms with Crippen LogP contribution in [0.5, 0.6) is 0 Å². The Morgan fingerprint density at radius 1 is 0.867 bits per heavy atom. The third-order valence-electron chi connectivity index (χ3n) is 4.30. The highest BCUT2D eigenvalue weighted by molar-refractivity contribution is 6.34. The molecule has 0 aliphatic heterocycles. The first kappa shape index (κ1) is 21.1. The molecule has 1 aromatic heterocycles. The monoisotopic (exact) mass is 428 g/mol.